The molecule has 0 saturated carbocycles. The average molecular weight is 334 g/mol. The molecule has 0 aliphatic rings. The molecule has 2 aromatic rings. The molecule has 23 heavy (non-hydrogen) atoms. The van der Waals surface area contributed by atoms with Gasteiger partial charge >= 0.3 is 0 Å². The summed E-state index contributed by atoms with van der Waals surface area (Å²) in [7, 11) is 0. The third kappa shape index (κ3) is 6.61. The van der Waals surface area contributed by atoms with Gasteiger partial charge in [0.05, 0.1) is 0 Å². The monoisotopic (exact) mass is 333 g/mol. The van der Waals surface area contributed by atoms with Crippen molar-refractivity contribution in [2.24, 2.45) is 0 Å². The molecular weight excluding hydrogens is 310 g/mol. The minimum absolute atomic E-state index is 0.274. The number of halogens is 1. The Hall–Kier alpha value is -1.55. The van der Waals surface area contributed by atoms with Crippen LogP contribution in [0.3, 0.4) is 0 Å². The summed E-state index contributed by atoms with van der Waals surface area (Å²) >= 11 is 5.84. The van der Waals surface area contributed by atoms with E-state index < -0.39 is 6.10 Å². The first kappa shape index (κ1) is 17.8. The Morgan fingerprint density at radius 2 is 1.78 bits per heavy atom. The summed E-state index contributed by atoms with van der Waals surface area (Å²) in [5.74, 6) is 0.721. The van der Waals surface area contributed by atoms with Gasteiger partial charge in [-0.2, -0.15) is 0 Å². The van der Waals surface area contributed by atoms with Gasteiger partial charge in [0.2, 0.25) is 0 Å². The molecule has 1 atom stereocenters. The lowest BCUT2D eigenvalue weighted by molar-refractivity contribution is 0.0656. The first-order chi connectivity index (χ1) is 11.2. The second-order valence-electron chi connectivity index (χ2n) is 5.64. The molecule has 0 spiro atoms. The van der Waals surface area contributed by atoms with Crippen molar-refractivity contribution in [1.82, 2.24) is 4.90 Å². The fraction of sp³-hybridized carbons (Fsp3) is 0.368. The molecule has 3 nitrogen and oxygen atoms in total. The highest BCUT2D eigenvalue weighted by molar-refractivity contribution is 6.30. The van der Waals surface area contributed by atoms with E-state index in [0.29, 0.717) is 11.6 Å². The van der Waals surface area contributed by atoms with E-state index in [-0.39, 0.29) is 6.61 Å². The summed E-state index contributed by atoms with van der Waals surface area (Å²) in [4.78, 5) is 2.26. The van der Waals surface area contributed by atoms with Gasteiger partial charge in [0.15, 0.2) is 0 Å². The molecule has 2 rings (SSSR count). The van der Waals surface area contributed by atoms with Gasteiger partial charge in [-0.3, -0.25) is 4.90 Å². The first-order valence-corrected chi connectivity index (χ1v) is 8.38. The summed E-state index contributed by atoms with van der Waals surface area (Å²) in [6, 6.07) is 17.5. The highest BCUT2D eigenvalue weighted by atomic mass is 35.5. The van der Waals surface area contributed by atoms with Crippen molar-refractivity contribution in [3.05, 3.63) is 65.2 Å². The zero-order chi connectivity index (χ0) is 16.5. The van der Waals surface area contributed by atoms with Gasteiger partial charge in [-0.1, -0.05) is 48.9 Å². The van der Waals surface area contributed by atoms with Crippen molar-refractivity contribution < 1.29 is 9.84 Å². The Bertz CT molecular complexity index is 559. The van der Waals surface area contributed by atoms with Crippen molar-refractivity contribution in [3.8, 4) is 5.75 Å². The van der Waals surface area contributed by atoms with Gasteiger partial charge in [-0.25, -0.2) is 0 Å². The largest absolute Gasteiger partial charge is 0.491 e. The van der Waals surface area contributed by atoms with Crippen LogP contribution in [0.4, 0.5) is 0 Å². The lowest BCUT2D eigenvalue weighted by Crippen LogP contribution is -2.35. The Balaban J connectivity index is 1.82. The molecule has 0 aliphatic heterocycles. The van der Waals surface area contributed by atoms with Crippen LogP contribution in [0.15, 0.2) is 54.6 Å². The maximum absolute atomic E-state index is 10.2. The molecule has 0 aromatic heterocycles. The van der Waals surface area contributed by atoms with Crippen molar-refractivity contribution >= 4 is 11.6 Å². The van der Waals surface area contributed by atoms with Crippen LogP contribution in [-0.4, -0.2) is 35.8 Å². The molecule has 0 heterocycles. The van der Waals surface area contributed by atoms with E-state index in [0.717, 1.165) is 25.3 Å². The second-order valence-corrected chi connectivity index (χ2v) is 6.08. The van der Waals surface area contributed by atoms with E-state index in [1.54, 1.807) is 12.1 Å². The zero-order valence-electron chi connectivity index (χ0n) is 13.5. The van der Waals surface area contributed by atoms with Crippen LogP contribution in [0.25, 0.3) is 0 Å². The Morgan fingerprint density at radius 3 is 2.43 bits per heavy atom. The van der Waals surface area contributed by atoms with Crippen LogP contribution in [0.1, 0.15) is 18.9 Å². The fourth-order valence-electron chi connectivity index (χ4n) is 2.47. The number of rotatable bonds is 9. The van der Waals surface area contributed by atoms with E-state index in [1.165, 1.54) is 5.56 Å². The zero-order valence-corrected chi connectivity index (χ0v) is 14.2. The standard InChI is InChI=1S/C19H24ClNO2/c1-2-12-21(13-16-6-4-3-5-7-16)14-18(22)15-23-19-10-8-17(20)9-11-19/h3-11,18,22H,2,12-15H2,1H3/t18-/m0/s1. The molecule has 0 bridgehead atoms. The molecule has 0 radical (unpaired) electrons. The molecule has 4 heteroatoms. The van der Waals surface area contributed by atoms with Crippen molar-refractivity contribution in [2.75, 3.05) is 19.7 Å². The molecular formula is C19H24ClNO2. The third-order valence-corrected chi connectivity index (χ3v) is 3.77. The summed E-state index contributed by atoms with van der Waals surface area (Å²) in [6.45, 7) is 4.81. The molecule has 0 amide bonds. The number of nitrogens with zero attached hydrogens (tertiary/aromatic N) is 1. The summed E-state index contributed by atoms with van der Waals surface area (Å²) in [6.07, 6.45) is 0.526. The first-order valence-electron chi connectivity index (χ1n) is 8.00. The summed E-state index contributed by atoms with van der Waals surface area (Å²) in [5.41, 5.74) is 1.26. The minimum atomic E-state index is -0.527. The molecule has 0 fully saturated rings. The highest BCUT2D eigenvalue weighted by Gasteiger charge is 2.12. The fourth-order valence-corrected chi connectivity index (χ4v) is 2.59. The average Bonchev–Trinajstić information content (AvgIpc) is 2.55. The minimum Gasteiger partial charge on any atom is -0.491 e. The quantitative estimate of drug-likeness (QED) is 0.753. The maximum atomic E-state index is 10.2. The molecule has 1 N–H and O–H groups in total. The lowest BCUT2D eigenvalue weighted by Gasteiger charge is -2.24. The molecule has 0 unspecified atom stereocenters. The number of ether oxygens (including phenoxy) is 1. The van der Waals surface area contributed by atoms with Crippen LogP contribution < -0.4 is 4.74 Å². The maximum Gasteiger partial charge on any atom is 0.119 e. The van der Waals surface area contributed by atoms with Crippen molar-refractivity contribution in [2.45, 2.75) is 26.0 Å². The van der Waals surface area contributed by atoms with Crippen LogP contribution in [0.5, 0.6) is 5.75 Å². The van der Waals surface area contributed by atoms with Gasteiger partial charge in [-0.05, 0) is 42.8 Å². The molecule has 0 saturated heterocycles. The summed E-state index contributed by atoms with van der Waals surface area (Å²) < 4.78 is 5.62. The predicted molar refractivity (Wildman–Crippen MR) is 95.0 cm³/mol. The van der Waals surface area contributed by atoms with E-state index in [9.17, 15) is 5.11 Å². The number of benzene rings is 2. The van der Waals surface area contributed by atoms with E-state index >= 15 is 0 Å². The number of aliphatic hydroxyl groups excluding tert-OH is 1. The SMILES string of the molecule is CCCN(Cc1ccccc1)C[C@H](O)COc1ccc(Cl)cc1. The smallest absolute Gasteiger partial charge is 0.119 e. The third-order valence-electron chi connectivity index (χ3n) is 3.51. The van der Waals surface area contributed by atoms with Crippen LogP contribution in [-0.2, 0) is 6.54 Å². The Labute approximate surface area is 143 Å². The number of hydrogen-bond donors (Lipinski definition) is 1. The van der Waals surface area contributed by atoms with Crippen molar-refractivity contribution in [1.29, 1.82) is 0 Å². The number of aliphatic hydroxyl groups is 1. The van der Waals surface area contributed by atoms with Gasteiger partial charge in [-0.15, -0.1) is 0 Å². The van der Waals surface area contributed by atoms with Gasteiger partial charge in [0.25, 0.3) is 0 Å². The van der Waals surface area contributed by atoms with E-state index in [4.69, 9.17) is 16.3 Å². The normalized spacial score (nSPS) is 12.3. The van der Waals surface area contributed by atoms with Gasteiger partial charge in [0, 0.05) is 18.1 Å². The van der Waals surface area contributed by atoms with Gasteiger partial charge < -0.3 is 9.84 Å². The van der Waals surface area contributed by atoms with Gasteiger partial charge in [0.1, 0.15) is 18.5 Å². The van der Waals surface area contributed by atoms with E-state index in [1.807, 2.05) is 30.3 Å². The van der Waals surface area contributed by atoms with Crippen LogP contribution >= 0.6 is 11.6 Å². The van der Waals surface area contributed by atoms with Crippen LogP contribution in [0, 0.1) is 0 Å². The van der Waals surface area contributed by atoms with E-state index in [2.05, 4.69) is 24.0 Å². The highest BCUT2D eigenvalue weighted by Crippen LogP contribution is 2.16. The summed E-state index contributed by atoms with van der Waals surface area (Å²) in [5, 5.41) is 10.9. The molecule has 0 aliphatic carbocycles. The Morgan fingerprint density at radius 1 is 1.09 bits per heavy atom. The van der Waals surface area contributed by atoms with Crippen LogP contribution in [0.2, 0.25) is 5.02 Å². The second kappa shape index (κ2) is 9.56. The molecule has 2 aromatic carbocycles. The number of hydrogen-bond acceptors (Lipinski definition) is 3. The predicted octanol–water partition coefficient (Wildman–Crippen LogP) is 3.99. The molecule has 124 valence electrons. The topological polar surface area (TPSA) is 32.7 Å². The Kier molecular flexibility index (Phi) is 7.40. The lowest BCUT2D eigenvalue weighted by atomic mass is 10.2. The van der Waals surface area contributed by atoms with Crippen molar-refractivity contribution in [3.63, 3.8) is 0 Å².